The number of hydrogen-bond acceptors (Lipinski definition) is 4. The number of benzene rings is 1. The van der Waals surface area contributed by atoms with Gasteiger partial charge in [0.2, 0.25) is 0 Å². The fourth-order valence-corrected chi connectivity index (χ4v) is 4.48. The van der Waals surface area contributed by atoms with Crippen molar-refractivity contribution in [3.8, 4) is 5.75 Å². The molecule has 5 nitrogen and oxygen atoms in total. The van der Waals surface area contributed by atoms with Crippen LogP contribution in [-0.2, 0) is 4.79 Å². The van der Waals surface area contributed by atoms with Gasteiger partial charge in [-0.2, -0.15) is 0 Å². The Balaban J connectivity index is 1.63. The molecular formula is C22H34FN3O2. The summed E-state index contributed by atoms with van der Waals surface area (Å²) in [6.45, 7) is 6.78. The molecule has 1 aliphatic carbocycles. The lowest BCUT2D eigenvalue weighted by molar-refractivity contribution is -0.129. The molecule has 1 amide bonds. The van der Waals surface area contributed by atoms with Gasteiger partial charge in [-0.1, -0.05) is 38.3 Å². The van der Waals surface area contributed by atoms with Gasteiger partial charge in [-0.25, -0.2) is 4.39 Å². The Bertz CT molecular complexity index is 640. The number of ether oxygens (including phenoxy) is 1. The van der Waals surface area contributed by atoms with Crippen LogP contribution in [0.15, 0.2) is 24.3 Å². The number of likely N-dealkylation sites (N-methyl/N-ethyl adjacent to an activating group) is 1. The van der Waals surface area contributed by atoms with Crippen LogP contribution < -0.4 is 10.1 Å². The Kier molecular flexibility index (Phi) is 7.30. The lowest BCUT2D eigenvalue weighted by Crippen LogP contribution is -2.62. The quantitative estimate of drug-likeness (QED) is 0.776. The molecule has 0 spiro atoms. The van der Waals surface area contributed by atoms with Gasteiger partial charge in [0, 0.05) is 38.3 Å². The molecule has 3 rings (SSSR count). The lowest BCUT2D eigenvalue weighted by Gasteiger charge is -2.49. The molecule has 1 atom stereocenters. The average molecular weight is 392 g/mol. The van der Waals surface area contributed by atoms with Gasteiger partial charge in [0.05, 0.1) is 0 Å². The summed E-state index contributed by atoms with van der Waals surface area (Å²) in [5.41, 5.74) is 0.0471. The van der Waals surface area contributed by atoms with Crippen molar-refractivity contribution in [2.75, 3.05) is 39.8 Å². The third-order valence-electron chi connectivity index (χ3n) is 6.32. The van der Waals surface area contributed by atoms with E-state index in [4.69, 9.17) is 4.74 Å². The second-order valence-corrected chi connectivity index (χ2v) is 8.24. The predicted octanol–water partition coefficient (Wildman–Crippen LogP) is 3.05. The van der Waals surface area contributed by atoms with Crippen LogP contribution in [-0.4, -0.2) is 67.1 Å². The van der Waals surface area contributed by atoms with Crippen LogP contribution in [0.2, 0.25) is 0 Å². The largest absolute Gasteiger partial charge is 0.478 e. The predicted molar refractivity (Wildman–Crippen MR) is 109 cm³/mol. The van der Waals surface area contributed by atoms with Crippen molar-refractivity contribution in [1.82, 2.24) is 15.1 Å². The van der Waals surface area contributed by atoms with Crippen molar-refractivity contribution in [1.29, 1.82) is 0 Å². The Labute approximate surface area is 168 Å². The second kappa shape index (κ2) is 9.70. The van der Waals surface area contributed by atoms with Crippen LogP contribution in [0.3, 0.4) is 0 Å². The summed E-state index contributed by atoms with van der Waals surface area (Å²) in [7, 11) is 2.17. The van der Waals surface area contributed by atoms with Gasteiger partial charge in [-0.05, 0) is 38.4 Å². The zero-order valence-corrected chi connectivity index (χ0v) is 17.3. The zero-order chi connectivity index (χ0) is 20.0. The molecule has 1 saturated carbocycles. The van der Waals surface area contributed by atoms with Gasteiger partial charge in [0.1, 0.15) is 0 Å². The van der Waals surface area contributed by atoms with Crippen molar-refractivity contribution < 1.29 is 13.9 Å². The van der Waals surface area contributed by atoms with E-state index in [1.807, 2.05) is 6.92 Å². The number of para-hydroxylation sites is 1. The van der Waals surface area contributed by atoms with Crippen LogP contribution in [0, 0.1) is 5.82 Å². The number of carbonyl (C=O) groups is 1. The number of hydrogen-bond donors (Lipinski definition) is 1. The first-order valence-corrected chi connectivity index (χ1v) is 10.7. The molecule has 1 saturated heterocycles. The SMILES string of the molecule is CC[C@H](Oc1ccccc1F)C(=O)NCC1(N2CCN(C)CC2)CCCCC1. The van der Waals surface area contributed by atoms with E-state index in [-0.39, 0.29) is 17.2 Å². The van der Waals surface area contributed by atoms with Gasteiger partial charge in [0.15, 0.2) is 17.7 Å². The summed E-state index contributed by atoms with van der Waals surface area (Å²) in [5, 5.41) is 3.15. The van der Waals surface area contributed by atoms with E-state index in [1.165, 1.54) is 25.3 Å². The molecule has 0 unspecified atom stereocenters. The first kappa shape index (κ1) is 21.1. The van der Waals surface area contributed by atoms with E-state index in [9.17, 15) is 9.18 Å². The fraction of sp³-hybridized carbons (Fsp3) is 0.682. The molecule has 6 heteroatoms. The van der Waals surface area contributed by atoms with E-state index in [0.29, 0.717) is 13.0 Å². The molecule has 2 fully saturated rings. The molecule has 156 valence electrons. The smallest absolute Gasteiger partial charge is 0.261 e. The minimum Gasteiger partial charge on any atom is -0.478 e. The number of nitrogens with one attached hydrogen (secondary N) is 1. The topological polar surface area (TPSA) is 44.8 Å². The second-order valence-electron chi connectivity index (χ2n) is 8.24. The Morgan fingerprint density at radius 1 is 1.18 bits per heavy atom. The van der Waals surface area contributed by atoms with Crippen molar-refractivity contribution in [3.05, 3.63) is 30.1 Å². The monoisotopic (exact) mass is 391 g/mol. The summed E-state index contributed by atoms with van der Waals surface area (Å²) in [4.78, 5) is 17.8. The number of carbonyl (C=O) groups excluding carboxylic acids is 1. The van der Waals surface area contributed by atoms with Gasteiger partial charge >= 0.3 is 0 Å². The van der Waals surface area contributed by atoms with Crippen LogP contribution in [0.4, 0.5) is 4.39 Å². The number of nitrogens with zero attached hydrogens (tertiary/aromatic N) is 2. The molecule has 1 aromatic rings. The van der Waals surface area contributed by atoms with Crippen LogP contribution in [0.1, 0.15) is 45.4 Å². The molecule has 0 aromatic heterocycles. The van der Waals surface area contributed by atoms with E-state index in [2.05, 4.69) is 22.2 Å². The van der Waals surface area contributed by atoms with E-state index < -0.39 is 11.9 Å². The average Bonchev–Trinajstić information content (AvgIpc) is 2.72. The highest BCUT2D eigenvalue weighted by atomic mass is 19.1. The van der Waals surface area contributed by atoms with Crippen LogP contribution >= 0.6 is 0 Å². The Morgan fingerprint density at radius 3 is 2.50 bits per heavy atom. The Morgan fingerprint density at radius 2 is 1.86 bits per heavy atom. The summed E-state index contributed by atoms with van der Waals surface area (Å²) in [5.74, 6) is -0.448. The molecule has 28 heavy (non-hydrogen) atoms. The molecule has 0 radical (unpaired) electrons. The number of amides is 1. The van der Waals surface area contributed by atoms with Gasteiger partial charge in [0.25, 0.3) is 5.91 Å². The molecular weight excluding hydrogens is 357 g/mol. The van der Waals surface area contributed by atoms with Gasteiger partial charge in [-0.3, -0.25) is 9.69 Å². The number of rotatable bonds is 7. The maximum atomic E-state index is 13.9. The zero-order valence-electron chi connectivity index (χ0n) is 17.3. The molecule has 1 aliphatic heterocycles. The van der Waals surface area contributed by atoms with E-state index in [0.717, 1.165) is 39.0 Å². The first-order valence-electron chi connectivity index (χ1n) is 10.7. The van der Waals surface area contributed by atoms with Crippen molar-refractivity contribution in [3.63, 3.8) is 0 Å². The van der Waals surface area contributed by atoms with Crippen LogP contribution in [0.5, 0.6) is 5.75 Å². The summed E-state index contributed by atoms with van der Waals surface area (Å²) >= 11 is 0. The maximum Gasteiger partial charge on any atom is 0.261 e. The molecule has 1 aromatic carbocycles. The first-order chi connectivity index (χ1) is 13.5. The van der Waals surface area contributed by atoms with E-state index in [1.54, 1.807) is 18.2 Å². The standard InChI is InChI=1S/C22H34FN3O2/c1-3-19(28-20-10-6-5-9-18(20)23)21(27)24-17-22(11-7-4-8-12-22)26-15-13-25(2)14-16-26/h5-6,9-10,19H,3-4,7-8,11-17H2,1-2H3,(H,24,27)/t19-/m0/s1. The van der Waals surface area contributed by atoms with Gasteiger partial charge < -0.3 is 15.0 Å². The molecule has 2 aliphatic rings. The summed E-state index contributed by atoms with van der Waals surface area (Å²) in [6, 6.07) is 6.25. The normalized spacial score (nSPS) is 21.8. The lowest BCUT2D eigenvalue weighted by atomic mass is 9.79. The van der Waals surface area contributed by atoms with Crippen LogP contribution in [0.25, 0.3) is 0 Å². The highest BCUT2D eigenvalue weighted by Gasteiger charge is 2.39. The highest BCUT2D eigenvalue weighted by Crippen LogP contribution is 2.34. The fourth-order valence-electron chi connectivity index (χ4n) is 4.48. The van der Waals surface area contributed by atoms with Crippen molar-refractivity contribution in [2.45, 2.75) is 57.1 Å². The number of piperazine rings is 1. The van der Waals surface area contributed by atoms with Crippen molar-refractivity contribution >= 4 is 5.91 Å². The van der Waals surface area contributed by atoms with Crippen molar-refractivity contribution in [2.24, 2.45) is 0 Å². The summed E-state index contributed by atoms with van der Waals surface area (Å²) < 4.78 is 19.6. The number of halogens is 1. The van der Waals surface area contributed by atoms with E-state index >= 15 is 0 Å². The third kappa shape index (κ3) is 5.03. The minimum atomic E-state index is -0.676. The highest BCUT2D eigenvalue weighted by molar-refractivity contribution is 5.81. The summed E-state index contributed by atoms with van der Waals surface area (Å²) in [6.07, 6.45) is 5.78. The van der Waals surface area contributed by atoms with Gasteiger partial charge in [-0.15, -0.1) is 0 Å². The molecule has 1 heterocycles. The maximum absolute atomic E-state index is 13.9. The molecule has 1 N–H and O–H groups in total. The minimum absolute atomic E-state index is 0.0471. The molecule has 0 bridgehead atoms. The third-order valence-corrected chi connectivity index (χ3v) is 6.32. The Hall–Kier alpha value is -1.66.